The van der Waals surface area contributed by atoms with Gasteiger partial charge in [-0.05, 0) is 30.9 Å². The van der Waals surface area contributed by atoms with Crippen molar-refractivity contribution in [2.75, 3.05) is 0 Å². The first-order valence-electron chi connectivity index (χ1n) is 8.02. The Hall–Kier alpha value is -2.79. The maximum atomic E-state index is 12.0. The van der Waals surface area contributed by atoms with Crippen molar-refractivity contribution in [2.45, 2.75) is 25.9 Å². The van der Waals surface area contributed by atoms with Crippen molar-refractivity contribution in [3.63, 3.8) is 0 Å². The highest BCUT2D eigenvalue weighted by molar-refractivity contribution is 5.79. The molecule has 2 rings (SSSR count). The third kappa shape index (κ3) is 5.09. The normalized spacial score (nSPS) is 13.0. The van der Waals surface area contributed by atoms with Crippen molar-refractivity contribution >= 4 is 11.5 Å². The first-order chi connectivity index (χ1) is 11.9. The van der Waals surface area contributed by atoms with Gasteiger partial charge in [-0.3, -0.25) is 14.9 Å². The summed E-state index contributed by atoms with van der Waals surface area (Å²) in [5.74, 6) is -0.855. The van der Waals surface area contributed by atoms with Crippen LogP contribution in [0.5, 0.6) is 0 Å². The topological polar surface area (TPSA) is 80.4 Å². The molecule has 2 atom stereocenters. The highest BCUT2D eigenvalue weighted by atomic mass is 16.6. The molecule has 25 heavy (non-hydrogen) atoms. The van der Waals surface area contributed by atoms with Crippen LogP contribution in [0.2, 0.25) is 0 Å². The number of carbonyl (C=O) groups excluding carboxylic acids is 1. The molecular formula is C20H21NO4. The summed E-state index contributed by atoms with van der Waals surface area (Å²) in [5, 5.41) is 21.5. The largest absolute Gasteiger partial charge is 0.388 e. The smallest absolute Gasteiger partial charge is 0.269 e. The zero-order valence-corrected chi connectivity index (χ0v) is 14.1. The fraction of sp³-hybridized carbons (Fsp3) is 0.250. The maximum absolute atomic E-state index is 12.0. The number of non-ortho nitro benzene ring substituents is 1. The summed E-state index contributed by atoms with van der Waals surface area (Å²) < 4.78 is 0. The van der Waals surface area contributed by atoms with Crippen LogP contribution >= 0.6 is 0 Å². The third-order valence-corrected chi connectivity index (χ3v) is 4.13. The minimum atomic E-state index is -1.11. The third-order valence-electron chi connectivity index (χ3n) is 4.13. The van der Waals surface area contributed by atoms with Crippen LogP contribution in [0.15, 0.2) is 66.7 Å². The van der Waals surface area contributed by atoms with Gasteiger partial charge in [0.1, 0.15) is 5.78 Å². The van der Waals surface area contributed by atoms with Gasteiger partial charge in [-0.2, -0.15) is 0 Å². The summed E-state index contributed by atoms with van der Waals surface area (Å²) in [7, 11) is 0. The summed E-state index contributed by atoms with van der Waals surface area (Å²) in [6.07, 6.45) is -0.162. The van der Waals surface area contributed by atoms with E-state index in [0.29, 0.717) is 18.4 Å². The van der Waals surface area contributed by atoms with Gasteiger partial charge in [-0.15, -0.1) is 0 Å². The zero-order chi connectivity index (χ0) is 18.4. The number of carbonyl (C=O) groups is 1. The molecule has 0 heterocycles. The molecule has 5 heteroatoms. The number of Topliss-reactive ketones (excluding diaryl/α,β-unsaturated/α-hetero) is 1. The van der Waals surface area contributed by atoms with Gasteiger partial charge in [-0.25, -0.2) is 0 Å². The Balaban J connectivity index is 2.14. The van der Waals surface area contributed by atoms with Crippen LogP contribution in [0.3, 0.4) is 0 Å². The van der Waals surface area contributed by atoms with Gasteiger partial charge in [0.15, 0.2) is 0 Å². The zero-order valence-electron chi connectivity index (χ0n) is 14.1. The van der Waals surface area contributed by atoms with Gasteiger partial charge < -0.3 is 5.11 Å². The molecular weight excluding hydrogens is 318 g/mol. The number of hydrogen-bond donors (Lipinski definition) is 1. The molecule has 0 aromatic heterocycles. The van der Waals surface area contributed by atoms with E-state index in [1.165, 1.54) is 25.1 Å². The summed E-state index contributed by atoms with van der Waals surface area (Å²) in [6.45, 7) is 5.44. The molecule has 0 aliphatic heterocycles. The van der Waals surface area contributed by atoms with E-state index in [9.17, 15) is 20.0 Å². The lowest BCUT2D eigenvalue weighted by Gasteiger charge is -2.22. The van der Waals surface area contributed by atoms with Gasteiger partial charge in [-0.1, -0.05) is 54.6 Å². The first-order valence-corrected chi connectivity index (χ1v) is 8.02. The molecule has 130 valence electrons. The molecule has 0 aliphatic rings. The highest BCUT2D eigenvalue weighted by Gasteiger charge is 2.27. The number of nitrogens with zero attached hydrogens (tertiary/aromatic N) is 1. The van der Waals surface area contributed by atoms with E-state index in [-0.39, 0.29) is 11.5 Å². The van der Waals surface area contributed by atoms with Crippen molar-refractivity contribution in [1.82, 2.24) is 0 Å². The Morgan fingerprint density at radius 1 is 1.20 bits per heavy atom. The number of rotatable bonds is 8. The Kier molecular flexibility index (Phi) is 6.19. The minimum absolute atomic E-state index is 0.109. The van der Waals surface area contributed by atoms with Crippen LogP contribution in [-0.4, -0.2) is 15.8 Å². The predicted octanol–water partition coefficient (Wildman–Crippen LogP) is 4.02. The van der Waals surface area contributed by atoms with Gasteiger partial charge in [0, 0.05) is 12.1 Å². The number of aliphatic hydroxyl groups is 1. The second kappa shape index (κ2) is 8.35. The van der Waals surface area contributed by atoms with E-state index in [4.69, 9.17) is 0 Å². The fourth-order valence-electron chi connectivity index (χ4n) is 2.80. The van der Waals surface area contributed by atoms with E-state index in [1.807, 2.05) is 30.3 Å². The minimum Gasteiger partial charge on any atom is -0.388 e. The molecule has 0 amide bonds. The Morgan fingerprint density at radius 2 is 1.88 bits per heavy atom. The molecule has 0 unspecified atom stereocenters. The number of hydrogen-bond acceptors (Lipinski definition) is 4. The van der Waals surface area contributed by atoms with Gasteiger partial charge >= 0.3 is 0 Å². The monoisotopic (exact) mass is 339 g/mol. The summed E-state index contributed by atoms with van der Waals surface area (Å²) >= 11 is 0. The summed E-state index contributed by atoms with van der Waals surface area (Å²) in [5.41, 5.74) is 2.17. The number of allylic oxidation sites excluding steroid dienone is 1. The lowest BCUT2D eigenvalue weighted by atomic mass is 9.86. The van der Waals surface area contributed by atoms with Crippen molar-refractivity contribution in [1.29, 1.82) is 0 Å². The molecule has 0 saturated heterocycles. The van der Waals surface area contributed by atoms with Crippen LogP contribution < -0.4 is 0 Å². The molecule has 5 nitrogen and oxygen atoms in total. The molecule has 1 N–H and O–H groups in total. The highest BCUT2D eigenvalue weighted by Crippen LogP contribution is 2.30. The SMILES string of the molecule is C=C(Cc1ccccc1)C[C@H](C(C)=O)[C@H](O)c1cccc([N+](=O)[O-])c1. The van der Waals surface area contributed by atoms with Gasteiger partial charge in [0.2, 0.25) is 0 Å². The molecule has 0 spiro atoms. The van der Waals surface area contributed by atoms with Crippen molar-refractivity contribution in [3.8, 4) is 0 Å². The Labute approximate surface area is 146 Å². The molecule has 0 saturated carbocycles. The van der Waals surface area contributed by atoms with Gasteiger partial charge in [0.05, 0.1) is 16.9 Å². The lowest BCUT2D eigenvalue weighted by Crippen LogP contribution is -2.21. The standard InChI is InChI=1S/C20H21NO4/c1-14(11-16-7-4-3-5-8-16)12-19(15(2)22)20(23)17-9-6-10-18(13-17)21(24)25/h3-10,13,19-20,23H,1,11-12H2,2H3/t19-,20-/m1/s1. The van der Waals surface area contributed by atoms with Crippen LogP contribution in [0.1, 0.15) is 30.6 Å². The molecule has 0 fully saturated rings. The molecule has 0 bridgehead atoms. The van der Waals surface area contributed by atoms with E-state index < -0.39 is 16.9 Å². The average molecular weight is 339 g/mol. The lowest BCUT2D eigenvalue weighted by molar-refractivity contribution is -0.385. The van der Waals surface area contributed by atoms with Crippen molar-refractivity contribution < 1.29 is 14.8 Å². The first kappa shape index (κ1) is 18.5. The summed E-state index contributed by atoms with van der Waals surface area (Å²) in [4.78, 5) is 22.4. The van der Waals surface area contributed by atoms with Gasteiger partial charge in [0.25, 0.3) is 5.69 Å². The Morgan fingerprint density at radius 3 is 2.48 bits per heavy atom. The molecule has 0 radical (unpaired) electrons. The number of nitro groups is 1. The van der Waals surface area contributed by atoms with Crippen LogP contribution in [-0.2, 0) is 11.2 Å². The molecule has 2 aromatic rings. The quantitative estimate of drug-likeness (QED) is 0.447. The Bertz CT molecular complexity index is 770. The molecule has 0 aliphatic carbocycles. The second-order valence-corrected chi connectivity index (χ2v) is 6.13. The van der Waals surface area contributed by atoms with Crippen LogP contribution in [0.4, 0.5) is 5.69 Å². The number of nitro benzene ring substituents is 1. The predicted molar refractivity (Wildman–Crippen MR) is 96.1 cm³/mol. The summed E-state index contributed by atoms with van der Waals surface area (Å²) in [6, 6.07) is 15.5. The number of aliphatic hydroxyl groups excluding tert-OH is 1. The van der Waals surface area contributed by atoms with Crippen LogP contribution in [0, 0.1) is 16.0 Å². The second-order valence-electron chi connectivity index (χ2n) is 6.13. The number of ketones is 1. The van der Waals surface area contributed by atoms with E-state index in [2.05, 4.69) is 6.58 Å². The number of benzene rings is 2. The fourth-order valence-corrected chi connectivity index (χ4v) is 2.80. The van der Waals surface area contributed by atoms with E-state index in [0.717, 1.165) is 11.1 Å². The van der Waals surface area contributed by atoms with Crippen molar-refractivity contribution in [2.24, 2.45) is 5.92 Å². The van der Waals surface area contributed by atoms with E-state index >= 15 is 0 Å². The average Bonchev–Trinajstić information content (AvgIpc) is 2.60. The van der Waals surface area contributed by atoms with Crippen molar-refractivity contribution in [3.05, 3.63) is 88.0 Å². The molecule has 2 aromatic carbocycles. The van der Waals surface area contributed by atoms with E-state index in [1.54, 1.807) is 6.07 Å². The van der Waals surface area contributed by atoms with Crippen LogP contribution in [0.25, 0.3) is 0 Å². The maximum Gasteiger partial charge on any atom is 0.269 e.